The molecule has 20 heavy (non-hydrogen) atoms. The van der Waals surface area contributed by atoms with Crippen LogP contribution in [0, 0.1) is 0 Å². The van der Waals surface area contributed by atoms with Crippen LogP contribution in [0.3, 0.4) is 0 Å². The molecule has 0 aliphatic heterocycles. The number of carboxylic acids is 1. The number of benzene rings is 1. The van der Waals surface area contributed by atoms with Crippen molar-refractivity contribution >= 4 is 27.8 Å². The van der Waals surface area contributed by atoms with Crippen LogP contribution >= 0.6 is 15.9 Å². The van der Waals surface area contributed by atoms with Gasteiger partial charge in [-0.15, -0.1) is 0 Å². The van der Waals surface area contributed by atoms with Crippen molar-refractivity contribution in [3.63, 3.8) is 0 Å². The van der Waals surface area contributed by atoms with Gasteiger partial charge in [-0.1, -0.05) is 22.0 Å². The molecule has 2 N–H and O–H groups in total. The fourth-order valence-corrected chi connectivity index (χ4v) is 1.75. The highest BCUT2D eigenvalue weighted by Crippen LogP contribution is 2.29. The molecule has 0 aromatic heterocycles. The summed E-state index contributed by atoms with van der Waals surface area (Å²) in [7, 11) is 1.23. The summed E-state index contributed by atoms with van der Waals surface area (Å²) in [4.78, 5) is 21.9. The van der Waals surface area contributed by atoms with Gasteiger partial charge in [0.25, 0.3) is 0 Å². The fourth-order valence-electron chi connectivity index (χ4n) is 1.41. The number of methoxy groups -OCH3 is 1. The molecule has 0 saturated carbocycles. The molecule has 1 rings (SSSR count). The minimum Gasteiger partial charge on any atom is -0.496 e. The summed E-state index contributed by atoms with van der Waals surface area (Å²) in [5.74, 6) is -3.94. The zero-order valence-corrected chi connectivity index (χ0v) is 11.6. The van der Waals surface area contributed by atoms with Gasteiger partial charge in [-0.3, -0.25) is 4.79 Å². The molecule has 1 amide bonds. The lowest BCUT2D eigenvalue weighted by Crippen LogP contribution is -2.42. The Labute approximate surface area is 119 Å². The molecule has 0 saturated heterocycles. The first-order valence-electron chi connectivity index (χ1n) is 5.10. The molecule has 1 atom stereocenters. The van der Waals surface area contributed by atoms with Gasteiger partial charge in [0.2, 0.25) is 0 Å². The van der Waals surface area contributed by atoms with E-state index in [-0.39, 0.29) is 11.3 Å². The van der Waals surface area contributed by atoms with Crippen molar-refractivity contribution in [1.82, 2.24) is 5.32 Å². The standard InChI is InChI=1S/C11H9BrF3NO4/c1-20-7-4-5(12)2-3-6(7)8(9(17)18)16-10(19)11(13,14)15/h2-4,8H,1H3,(H,16,19)(H,17,18). The first-order chi connectivity index (χ1) is 9.16. The number of amides is 1. The van der Waals surface area contributed by atoms with E-state index in [1.54, 1.807) is 0 Å². The van der Waals surface area contributed by atoms with Gasteiger partial charge in [-0.05, 0) is 12.1 Å². The van der Waals surface area contributed by atoms with E-state index in [2.05, 4.69) is 15.9 Å². The molecule has 0 spiro atoms. The van der Waals surface area contributed by atoms with Crippen LogP contribution in [-0.4, -0.2) is 30.3 Å². The summed E-state index contributed by atoms with van der Waals surface area (Å²) in [6.45, 7) is 0. The van der Waals surface area contributed by atoms with Gasteiger partial charge in [-0.25, -0.2) is 4.79 Å². The highest BCUT2D eigenvalue weighted by atomic mass is 79.9. The van der Waals surface area contributed by atoms with Gasteiger partial charge in [0.1, 0.15) is 5.75 Å². The van der Waals surface area contributed by atoms with E-state index >= 15 is 0 Å². The molecule has 110 valence electrons. The third-order valence-electron chi connectivity index (χ3n) is 2.29. The zero-order valence-electron chi connectivity index (χ0n) is 9.99. The quantitative estimate of drug-likeness (QED) is 0.868. The first kappa shape index (κ1) is 16.3. The lowest BCUT2D eigenvalue weighted by molar-refractivity contribution is -0.175. The van der Waals surface area contributed by atoms with Crippen LogP contribution in [0.15, 0.2) is 22.7 Å². The molecular formula is C11H9BrF3NO4. The Kier molecular flexibility index (Phi) is 4.98. The molecule has 1 unspecified atom stereocenters. The Bertz CT molecular complexity index is 533. The van der Waals surface area contributed by atoms with Crippen molar-refractivity contribution in [2.24, 2.45) is 0 Å². The topological polar surface area (TPSA) is 75.6 Å². The van der Waals surface area contributed by atoms with Gasteiger partial charge < -0.3 is 15.2 Å². The number of carboxylic acid groups (broad SMARTS) is 1. The zero-order chi connectivity index (χ0) is 15.5. The lowest BCUT2D eigenvalue weighted by Gasteiger charge is -2.18. The van der Waals surface area contributed by atoms with E-state index in [0.717, 1.165) is 0 Å². The Hall–Kier alpha value is -1.77. The molecule has 1 aromatic rings. The summed E-state index contributed by atoms with van der Waals surface area (Å²) in [5.41, 5.74) is -0.0965. The van der Waals surface area contributed by atoms with Crippen molar-refractivity contribution in [3.8, 4) is 5.75 Å². The summed E-state index contributed by atoms with van der Waals surface area (Å²) in [6, 6.07) is 2.18. The normalized spacial score (nSPS) is 12.7. The smallest absolute Gasteiger partial charge is 0.471 e. The maximum Gasteiger partial charge on any atom is 0.471 e. The molecule has 1 aromatic carbocycles. The number of hydrogen-bond acceptors (Lipinski definition) is 3. The number of hydrogen-bond donors (Lipinski definition) is 2. The van der Waals surface area contributed by atoms with Gasteiger partial charge in [0.15, 0.2) is 6.04 Å². The Morgan fingerprint density at radius 2 is 2.00 bits per heavy atom. The van der Waals surface area contributed by atoms with Gasteiger partial charge in [0, 0.05) is 10.0 Å². The Balaban J connectivity index is 3.16. The van der Waals surface area contributed by atoms with Crippen LogP contribution < -0.4 is 10.1 Å². The minimum absolute atomic E-state index is 0.0363. The minimum atomic E-state index is -5.17. The second-order valence-corrected chi connectivity index (χ2v) is 4.54. The van der Waals surface area contributed by atoms with Crippen LogP contribution in [0.2, 0.25) is 0 Å². The van der Waals surface area contributed by atoms with Crippen LogP contribution in [-0.2, 0) is 9.59 Å². The van der Waals surface area contributed by atoms with Crippen molar-refractivity contribution in [1.29, 1.82) is 0 Å². The lowest BCUT2D eigenvalue weighted by atomic mass is 10.1. The highest BCUT2D eigenvalue weighted by Gasteiger charge is 2.41. The number of aliphatic carboxylic acids is 1. The summed E-state index contributed by atoms with van der Waals surface area (Å²) >= 11 is 3.11. The van der Waals surface area contributed by atoms with Gasteiger partial charge >= 0.3 is 18.1 Å². The molecular weight excluding hydrogens is 347 g/mol. The highest BCUT2D eigenvalue weighted by molar-refractivity contribution is 9.10. The molecule has 0 aliphatic rings. The van der Waals surface area contributed by atoms with E-state index < -0.39 is 24.1 Å². The molecule has 0 heterocycles. The van der Waals surface area contributed by atoms with Gasteiger partial charge in [-0.2, -0.15) is 13.2 Å². The summed E-state index contributed by atoms with van der Waals surface area (Å²) < 4.78 is 42.0. The maximum absolute atomic E-state index is 12.2. The number of halogens is 4. The van der Waals surface area contributed by atoms with Crippen LogP contribution in [0.4, 0.5) is 13.2 Å². The van der Waals surface area contributed by atoms with Crippen molar-refractivity contribution in [3.05, 3.63) is 28.2 Å². The average molecular weight is 356 g/mol. The average Bonchev–Trinajstić information content (AvgIpc) is 2.34. The van der Waals surface area contributed by atoms with E-state index in [4.69, 9.17) is 9.84 Å². The summed E-state index contributed by atoms with van der Waals surface area (Å²) in [6.07, 6.45) is -5.17. The fraction of sp³-hybridized carbons (Fsp3) is 0.273. The third-order valence-corrected chi connectivity index (χ3v) is 2.78. The number of rotatable bonds is 4. The van der Waals surface area contributed by atoms with E-state index in [0.29, 0.717) is 4.47 Å². The van der Waals surface area contributed by atoms with E-state index in [9.17, 15) is 22.8 Å². The number of nitrogens with one attached hydrogen (secondary N) is 1. The molecule has 9 heteroatoms. The Morgan fingerprint density at radius 1 is 1.40 bits per heavy atom. The predicted molar refractivity (Wildman–Crippen MR) is 65.3 cm³/mol. The number of ether oxygens (including phenoxy) is 1. The maximum atomic E-state index is 12.2. The van der Waals surface area contributed by atoms with Crippen molar-refractivity contribution < 1.29 is 32.6 Å². The monoisotopic (exact) mass is 355 g/mol. The van der Waals surface area contributed by atoms with E-state index in [1.807, 2.05) is 0 Å². The molecule has 0 aliphatic carbocycles. The first-order valence-corrected chi connectivity index (χ1v) is 5.90. The number of carbonyl (C=O) groups excluding carboxylic acids is 1. The van der Waals surface area contributed by atoms with Gasteiger partial charge in [0.05, 0.1) is 7.11 Å². The number of alkyl halides is 3. The number of carbonyl (C=O) groups is 2. The Morgan fingerprint density at radius 3 is 2.45 bits per heavy atom. The van der Waals surface area contributed by atoms with Crippen molar-refractivity contribution in [2.75, 3.05) is 7.11 Å². The SMILES string of the molecule is COc1cc(Br)ccc1C(NC(=O)C(F)(F)F)C(=O)O. The second kappa shape index (κ2) is 6.12. The molecule has 0 bridgehead atoms. The molecule has 0 radical (unpaired) electrons. The van der Waals surface area contributed by atoms with Crippen LogP contribution in [0.5, 0.6) is 5.75 Å². The van der Waals surface area contributed by atoms with Crippen molar-refractivity contribution in [2.45, 2.75) is 12.2 Å². The van der Waals surface area contributed by atoms with Crippen LogP contribution in [0.1, 0.15) is 11.6 Å². The third kappa shape index (κ3) is 3.86. The largest absolute Gasteiger partial charge is 0.496 e. The second-order valence-electron chi connectivity index (χ2n) is 3.63. The predicted octanol–water partition coefficient (Wildman–Crippen LogP) is 2.26. The molecule has 0 fully saturated rings. The molecule has 5 nitrogen and oxygen atoms in total. The van der Waals surface area contributed by atoms with Crippen LogP contribution in [0.25, 0.3) is 0 Å². The van der Waals surface area contributed by atoms with E-state index in [1.165, 1.54) is 30.6 Å². The summed E-state index contributed by atoms with van der Waals surface area (Å²) in [5, 5.41) is 10.4.